The fourth-order valence-electron chi connectivity index (χ4n) is 3.28. The van der Waals surface area contributed by atoms with Gasteiger partial charge in [-0.2, -0.15) is 0 Å². The number of aromatic nitrogens is 2. The van der Waals surface area contributed by atoms with E-state index in [-0.39, 0.29) is 30.3 Å². The van der Waals surface area contributed by atoms with Crippen LogP contribution in [0.15, 0.2) is 54.0 Å². The SMILES string of the molecule is COC(=O)c1ccccc1N1CC(C(=O)Nc2nc(-c3ccccn3)cs2)CC1=O. The summed E-state index contributed by atoms with van der Waals surface area (Å²) in [4.78, 5) is 47.4. The number of thiazole rings is 1. The number of ether oxygens (including phenoxy) is 1. The van der Waals surface area contributed by atoms with Crippen molar-refractivity contribution in [3.63, 3.8) is 0 Å². The maximum atomic E-state index is 12.7. The second-order valence-electron chi connectivity index (χ2n) is 6.66. The lowest BCUT2D eigenvalue weighted by Crippen LogP contribution is -2.29. The maximum Gasteiger partial charge on any atom is 0.339 e. The van der Waals surface area contributed by atoms with Crippen LogP contribution >= 0.6 is 11.3 Å². The van der Waals surface area contributed by atoms with E-state index in [0.29, 0.717) is 16.5 Å². The summed E-state index contributed by atoms with van der Waals surface area (Å²) in [7, 11) is 1.29. The molecule has 1 aliphatic rings. The minimum absolute atomic E-state index is 0.0554. The van der Waals surface area contributed by atoms with Crippen LogP contribution in [0.4, 0.5) is 10.8 Å². The summed E-state index contributed by atoms with van der Waals surface area (Å²) in [6.45, 7) is 0.178. The normalized spacial score (nSPS) is 15.8. The molecule has 0 aliphatic carbocycles. The highest BCUT2D eigenvalue weighted by atomic mass is 32.1. The first-order valence-electron chi connectivity index (χ1n) is 9.22. The highest BCUT2D eigenvalue weighted by Gasteiger charge is 2.37. The fourth-order valence-corrected chi connectivity index (χ4v) is 3.99. The molecular formula is C21H18N4O4S. The van der Waals surface area contributed by atoms with E-state index in [9.17, 15) is 14.4 Å². The van der Waals surface area contributed by atoms with Crippen molar-refractivity contribution in [2.45, 2.75) is 6.42 Å². The van der Waals surface area contributed by atoms with Gasteiger partial charge in [-0.25, -0.2) is 9.78 Å². The number of benzene rings is 1. The molecule has 2 aromatic heterocycles. The fraction of sp³-hybridized carbons (Fsp3) is 0.190. The number of carbonyl (C=O) groups is 3. The minimum atomic E-state index is -0.551. The van der Waals surface area contributed by atoms with E-state index in [4.69, 9.17) is 4.74 Å². The number of hydrogen-bond donors (Lipinski definition) is 1. The van der Waals surface area contributed by atoms with Crippen molar-refractivity contribution in [3.05, 3.63) is 59.6 Å². The number of rotatable bonds is 5. The molecule has 3 heterocycles. The Bertz CT molecular complexity index is 1100. The molecule has 0 radical (unpaired) electrons. The Morgan fingerprint density at radius 1 is 1.17 bits per heavy atom. The summed E-state index contributed by atoms with van der Waals surface area (Å²) in [5.74, 6) is -1.59. The number of esters is 1. The smallest absolute Gasteiger partial charge is 0.339 e. The van der Waals surface area contributed by atoms with Crippen molar-refractivity contribution in [2.75, 3.05) is 23.9 Å². The number of pyridine rings is 1. The Balaban J connectivity index is 1.47. The van der Waals surface area contributed by atoms with E-state index in [2.05, 4.69) is 15.3 Å². The molecule has 3 aromatic rings. The van der Waals surface area contributed by atoms with Crippen LogP contribution in [0, 0.1) is 5.92 Å². The predicted molar refractivity (Wildman–Crippen MR) is 112 cm³/mol. The van der Waals surface area contributed by atoms with E-state index in [0.717, 1.165) is 5.69 Å². The molecule has 30 heavy (non-hydrogen) atoms. The van der Waals surface area contributed by atoms with Gasteiger partial charge in [-0.3, -0.25) is 14.6 Å². The zero-order valence-corrected chi connectivity index (χ0v) is 16.9. The largest absolute Gasteiger partial charge is 0.465 e. The second kappa shape index (κ2) is 8.42. The summed E-state index contributed by atoms with van der Waals surface area (Å²) in [5, 5.41) is 5.05. The van der Waals surface area contributed by atoms with Crippen LogP contribution in [0.2, 0.25) is 0 Å². The van der Waals surface area contributed by atoms with Crippen LogP contribution in [0.25, 0.3) is 11.4 Å². The number of carbonyl (C=O) groups excluding carboxylic acids is 3. The van der Waals surface area contributed by atoms with E-state index in [1.54, 1.807) is 30.5 Å². The van der Waals surface area contributed by atoms with Crippen molar-refractivity contribution >= 4 is 39.9 Å². The topological polar surface area (TPSA) is 101 Å². The summed E-state index contributed by atoms with van der Waals surface area (Å²) in [5.41, 5.74) is 2.12. The van der Waals surface area contributed by atoms with Gasteiger partial charge in [0.05, 0.1) is 30.0 Å². The molecule has 1 unspecified atom stereocenters. The Labute approximate surface area is 176 Å². The molecule has 9 heteroatoms. The zero-order chi connectivity index (χ0) is 21.1. The first kappa shape index (κ1) is 19.7. The summed E-state index contributed by atoms with van der Waals surface area (Å²) >= 11 is 1.30. The van der Waals surface area contributed by atoms with Crippen LogP contribution in [0.1, 0.15) is 16.8 Å². The zero-order valence-electron chi connectivity index (χ0n) is 16.1. The molecular weight excluding hydrogens is 404 g/mol. The third-order valence-corrected chi connectivity index (χ3v) is 5.52. The minimum Gasteiger partial charge on any atom is -0.465 e. The van der Waals surface area contributed by atoms with Gasteiger partial charge in [0.2, 0.25) is 11.8 Å². The van der Waals surface area contributed by atoms with Gasteiger partial charge in [-0.15, -0.1) is 11.3 Å². The summed E-state index contributed by atoms with van der Waals surface area (Å²) in [6.07, 6.45) is 1.73. The lowest BCUT2D eigenvalue weighted by molar-refractivity contribution is -0.122. The Kier molecular flexibility index (Phi) is 5.53. The first-order valence-corrected chi connectivity index (χ1v) is 10.1. The van der Waals surface area contributed by atoms with E-state index in [1.807, 2.05) is 23.6 Å². The molecule has 0 bridgehead atoms. The first-order chi connectivity index (χ1) is 14.6. The molecule has 1 aliphatic heterocycles. The van der Waals surface area contributed by atoms with E-state index in [1.165, 1.54) is 23.3 Å². The Morgan fingerprint density at radius 3 is 2.73 bits per heavy atom. The van der Waals surface area contributed by atoms with E-state index >= 15 is 0 Å². The maximum absolute atomic E-state index is 12.7. The molecule has 0 saturated carbocycles. The van der Waals surface area contributed by atoms with Crippen LogP contribution < -0.4 is 10.2 Å². The van der Waals surface area contributed by atoms with E-state index < -0.39 is 11.9 Å². The molecule has 1 saturated heterocycles. The van der Waals surface area contributed by atoms with Gasteiger partial charge in [0.1, 0.15) is 5.69 Å². The third-order valence-electron chi connectivity index (χ3n) is 4.76. The molecule has 1 aromatic carbocycles. The van der Waals surface area contributed by atoms with Gasteiger partial charge in [0.15, 0.2) is 5.13 Å². The van der Waals surface area contributed by atoms with Crippen molar-refractivity contribution in [2.24, 2.45) is 5.92 Å². The summed E-state index contributed by atoms with van der Waals surface area (Å²) in [6, 6.07) is 12.2. The van der Waals surface area contributed by atoms with Gasteiger partial charge in [0, 0.05) is 24.5 Å². The van der Waals surface area contributed by atoms with Crippen molar-refractivity contribution in [1.29, 1.82) is 0 Å². The number of hydrogen-bond acceptors (Lipinski definition) is 7. The number of nitrogens with zero attached hydrogens (tertiary/aromatic N) is 3. The van der Waals surface area contributed by atoms with Gasteiger partial charge in [-0.1, -0.05) is 18.2 Å². The van der Waals surface area contributed by atoms with Gasteiger partial charge in [-0.05, 0) is 24.3 Å². The van der Waals surface area contributed by atoms with Gasteiger partial charge >= 0.3 is 5.97 Å². The number of nitrogens with one attached hydrogen (secondary N) is 1. The van der Waals surface area contributed by atoms with Crippen LogP contribution in [-0.4, -0.2) is 41.4 Å². The third kappa shape index (κ3) is 3.92. The van der Waals surface area contributed by atoms with Crippen molar-refractivity contribution in [1.82, 2.24) is 9.97 Å². The number of amides is 2. The Hall–Kier alpha value is -3.59. The standard InChI is InChI=1S/C21H18N4O4S/c1-29-20(28)14-6-2-3-8-17(14)25-11-13(10-18(25)26)19(27)24-21-23-16(12-30-21)15-7-4-5-9-22-15/h2-9,12-13H,10-11H2,1H3,(H,23,24,27). The lowest BCUT2D eigenvalue weighted by Gasteiger charge is -2.19. The predicted octanol–water partition coefficient (Wildman–Crippen LogP) is 2.98. The molecule has 8 nitrogen and oxygen atoms in total. The summed E-state index contributed by atoms with van der Waals surface area (Å²) < 4.78 is 4.80. The molecule has 1 N–H and O–H groups in total. The molecule has 1 atom stereocenters. The monoisotopic (exact) mass is 422 g/mol. The highest BCUT2D eigenvalue weighted by molar-refractivity contribution is 7.14. The van der Waals surface area contributed by atoms with Gasteiger partial charge < -0.3 is 15.0 Å². The van der Waals surface area contributed by atoms with Crippen molar-refractivity contribution in [3.8, 4) is 11.4 Å². The van der Waals surface area contributed by atoms with Crippen LogP contribution in [0.5, 0.6) is 0 Å². The molecule has 152 valence electrons. The van der Waals surface area contributed by atoms with Crippen LogP contribution in [0.3, 0.4) is 0 Å². The molecule has 4 rings (SSSR count). The number of anilines is 2. The number of para-hydroxylation sites is 1. The molecule has 1 fully saturated rings. The van der Waals surface area contributed by atoms with Crippen molar-refractivity contribution < 1.29 is 19.1 Å². The average molecular weight is 422 g/mol. The quantitative estimate of drug-likeness (QED) is 0.635. The second-order valence-corrected chi connectivity index (χ2v) is 7.51. The highest BCUT2D eigenvalue weighted by Crippen LogP contribution is 2.30. The van der Waals surface area contributed by atoms with Crippen LogP contribution in [-0.2, 0) is 14.3 Å². The lowest BCUT2D eigenvalue weighted by atomic mass is 10.1. The molecule has 0 spiro atoms. The number of methoxy groups -OCH3 is 1. The molecule has 2 amide bonds. The average Bonchev–Trinajstić information content (AvgIpc) is 3.40. The van der Waals surface area contributed by atoms with Gasteiger partial charge in [0.25, 0.3) is 0 Å². The Morgan fingerprint density at radius 2 is 1.97 bits per heavy atom.